The van der Waals surface area contributed by atoms with E-state index in [9.17, 15) is 9.90 Å². The van der Waals surface area contributed by atoms with Crippen molar-refractivity contribution in [2.45, 2.75) is 32.4 Å². The molecule has 0 spiro atoms. The van der Waals surface area contributed by atoms with Gasteiger partial charge in [0, 0.05) is 12.5 Å². The molecule has 0 fully saturated rings. The maximum absolute atomic E-state index is 11.8. The van der Waals surface area contributed by atoms with Crippen LogP contribution in [0.3, 0.4) is 0 Å². The summed E-state index contributed by atoms with van der Waals surface area (Å²) in [5, 5.41) is 12.9. The first-order chi connectivity index (χ1) is 10.5. The molecule has 0 aliphatic heterocycles. The van der Waals surface area contributed by atoms with Crippen LogP contribution in [0.25, 0.3) is 6.08 Å². The second-order valence-corrected chi connectivity index (χ2v) is 5.34. The molecular formula is C18H21NO3. The number of amides is 1. The number of aryl methyl sites for hydroxylation is 1. The zero-order valence-electron chi connectivity index (χ0n) is 12.8. The van der Waals surface area contributed by atoms with Crippen molar-refractivity contribution in [3.05, 3.63) is 65.6 Å². The van der Waals surface area contributed by atoms with Crippen LogP contribution in [0.4, 0.5) is 0 Å². The molecule has 116 valence electrons. The van der Waals surface area contributed by atoms with Gasteiger partial charge < -0.3 is 14.8 Å². The Hall–Kier alpha value is -2.33. The summed E-state index contributed by atoms with van der Waals surface area (Å²) >= 11 is 0. The third-order valence-electron chi connectivity index (χ3n) is 3.39. The number of rotatable bonds is 6. The molecule has 2 N–H and O–H groups in total. The van der Waals surface area contributed by atoms with Crippen LogP contribution < -0.4 is 5.32 Å². The normalized spacial score (nSPS) is 14.0. The second-order valence-electron chi connectivity index (χ2n) is 5.34. The maximum atomic E-state index is 11.8. The summed E-state index contributed by atoms with van der Waals surface area (Å²) in [5.41, 5.74) is 1.04. The summed E-state index contributed by atoms with van der Waals surface area (Å²) in [4.78, 5) is 11.8. The lowest BCUT2D eigenvalue weighted by Gasteiger charge is -2.19. The van der Waals surface area contributed by atoms with Crippen molar-refractivity contribution in [3.8, 4) is 0 Å². The van der Waals surface area contributed by atoms with Gasteiger partial charge >= 0.3 is 0 Å². The Balaban J connectivity index is 1.84. The molecule has 2 unspecified atom stereocenters. The first-order valence-electron chi connectivity index (χ1n) is 7.31. The van der Waals surface area contributed by atoms with Crippen LogP contribution >= 0.6 is 0 Å². The van der Waals surface area contributed by atoms with Gasteiger partial charge in [-0.15, -0.1) is 0 Å². The molecule has 2 atom stereocenters. The summed E-state index contributed by atoms with van der Waals surface area (Å²) in [6.07, 6.45) is 2.89. The number of hydrogen-bond donors (Lipinski definition) is 2. The fourth-order valence-electron chi connectivity index (χ4n) is 2.10. The van der Waals surface area contributed by atoms with Gasteiger partial charge in [0.1, 0.15) is 11.5 Å². The summed E-state index contributed by atoms with van der Waals surface area (Å²) < 4.78 is 5.35. The van der Waals surface area contributed by atoms with E-state index in [1.165, 1.54) is 6.08 Å². The number of carbonyl (C=O) groups excluding carboxylic acids is 1. The van der Waals surface area contributed by atoms with Crippen molar-refractivity contribution in [3.63, 3.8) is 0 Å². The molecule has 0 aliphatic rings. The van der Waals surface area contributed by atoms with Crippen LogP contribution in [0, 0.1) is 6.92 Å². The Morgan fingerprint density at radius 2 is 2.00 bits per heavy atom. The Morgan fingerprint density at radius 1 is 1.27 bits per heavy atom. The molecule has 2 rings (SSSR count). The van der Waals surface area contributed by atoms with Crippen LogP contribution in [0.5, 0.6) is 0 Å². The molecule has 0 bridgehead atoms. The average Bonchev–Trinajstić information content (AvgIpc) is 2.92. The zero-order valence-corrected chi connectivity index (χ0v) is 12.8. The molecule has 0 saturated carbocycles. The number of benzene rings is 1. The fourth-order valence-corrected chi connectivity index (χ4v) is 2.10. The third-order valence-corrected chi connectivity index (χ3v) is 3.39. The highest BCUT2D eigenvalue weighted by Gasteiger charge is 2.15. The minimum atomic E-state index is -0.634. The molecule has 4 nitrogen and oxygen atoms in total. The first kappa shape index (κ1) is 16.0. The smallest absolute Gasteiger partial charge is 0.244 e. The summed E-state index contributed by atoms with van der Waals surface area (Å²) in [6.45, 7) is 3.63. The van der Waals surface area contributed by atoms with E-state index < -0.39 is 6.10 Å². The monoisotopic (exact) mass is 299 g/mol. The van der Waals surface area contributed by atoms with Gasteiger partial charge in [-0.1, -0.05) is 30.3 Å². The largest absolute Gasteiger partial charge is 0.462 e. The van der Waals surface area contributed by atoms with E-state index in [4.69, 9.17) is 4.42 Å². The van der Waals surface area contributed by atoms with Gasteiger partial charge in [0.25, 0.3) is 0 Å². The molecule has 0 aliphatic carbocycles. The Kier molecular flexibility index (Phi) is 5.55. The van der Waals surface area contributed by atoms with E-state index in [0.29, 0.717) is 12.2 Å². The minimum Gasteiger partial charge on any atom is -0.462 e. The molecule has 0 saturated heterocycles. The maximum Gasteiger partial charge on any atom is 0.244 e. The van der Waals surface area contributed by atoms with E-state index in [1.54, 1.807) is 19.1 Å². The van der Waals surface area contributed by atoms with E-state index in [0.717, 1.165) is 11.3 Å². The fraction of sp³-hybridized carbons (Fsp3) is 0.278. The quantitative estimate of drug-likeness (QED) is 0.806. The summed E-state index contributed by atoms with van der Waals surface area (Å²) in [7, 11) is 0. The lowest BCUT2D eigenvalue weighted by molar-refractivity contribution is -0.117. The van der Waals surface area contributed by atoms with Crippen LogP contribution in [0.2, 0.25) is 0 Å². The number of nitrogens with one attached hydrogen (secondary N) is 1. The van der Waals surface area contributed by atoms with E-state index >= 15 is 0 Å². The van der Waals surface area contributed by atoms with E-state index in [1.807, 2.05) is 43.3 Å². The molecule has 1 aromatic heterocycles. The molecule has 0 radical (unpaired) electrons. The first-order valence-corrected chi connectivity index (χ1v) is 7.31. The van der Waals surface area contributed by atoms with Gasteiger partial charge in [-0.05, 0) is 37.6 Å². The predicted molar refractivity (Wildman–Crippen MR) is 86.2 cm³/mol. The van der Waals surface area contributed by atoms with Crippen molar-refractivity contribution in [1.29, 1.82) is 0 Å². The van der Waals surface area contributed by atoms with Crippen LogP contribution in [0.1, 0.15) is 24.0 Å². The molecule has 4 heteroatoms. The highest BCUT2D eigenvalue weighted by Crippen LogP contribution is 2.08. The minimum absolute atomic E-state index is 0.256. The number of carbonyl (C=O) groups is 1. The van der Waals surface area contributed by atoms with Crippen molar-refractivity contribution >= 4 is 12.0 Å². The standard InChI is InChI=1S/C18H21NO3/c1-13-8-9-16(22-13)10-11-18(21)19-14(2)17(20)12-15-6-4-3-5-7-15/h3-11,14,17,20H,12H2,1-2H3,(H,19,21)/b11-10+. The topological polar surface area (TPSA) is 62.5 Å². The van der Waals surface area contributed by atoms with Crippen LogP contribution in [-0.4, -0.2) is 23.2 Å². The molecular weight excluding hydrogens is 278 g/mol. The van der Waals surface area contributed by atoms with Crippen molar-refractivity contribution in [1.82, 2.24) is 5.32 Å². The van der Waals surface area contributed by atoms with Crippen molar-refractivity contribution in [2.75, 3.05) is 0 Å². The molecule has 22 heavy (non-hydrogen) atoms. The van der Waals surface area contributed by atoms with E-state index in [-0.39, 0.29) is 11.9 Å². The Labute approximate surface area is 130 Å². The molecule has 1 amide bonds. The van der Waals surface area contributed by atoms with Crippen LogP contribution in [-0.2, 0) is 11.2 Å². The zero-order chi connectivity index (χ0) is 15.9. The summed E-state index contributed by atoms with van der Waals surface area (Å²) in [5.74, 6) is 1.17. The molecule has 2 aromatic rings. The van der Waals surface area contributed by atoms with Gasteiger partial charge in [-0.25, -0.2) is 0 Å². The van der Waals surface area contributed by atoms with Gasteiger partial charge in [0.15, 0.2) is 0 Å². The highest BCUT2D eigenvalue weighted by atomic mass is 16.3. The second kappa shape index (κ2) is 7.61. The lowest BCUT2D eigenvalue weighted by atomic mass is 10.0. The number of aliphatic hydroxyl groups excluding tert-OH is 1. The van der Waals surface area contributed by atoms with Crippen molar-refractivity contribution < 1.29 is 14.3 Å². The Bertz CT molecular complexity index is 631. The molecule has 1 aromatic carbocycles. The highest BCUT2D eigenvalue weighted by molar-refractivity contribution is 5.91. The van der Waals surface area contributed by atoms with Gasteiger partial charge in [-0.2, -0.15) is 0 Å². The SMILES string of the molecule is Cc1ccc(/C=C/C(=O)NC(C)C(O)Cc2ccccc2)o1. The number of aliphatic hydroxyl groups is 1. The van der Waals surface area contributed by atoms with Gasteiger partial charge in [0.05, 0.1) is 12.1 Å². The molecule has 1 heterocycles. The van der Waals surface area contributed by atoms with Gasteiger partial charge in [-0.3, -0.25) is 4.79 Å². The Morgan fingerprint density at radius 3 is 2.64 bits per heavy atom. The van der Waals surface area contributed by atoms with E-state index in [2.05, 4.69) is 5.32 Å². The number of furan rings is 1. The number of hydrogen-bond acceptors (Lipinski definition) is 3. The lowest BCUT2D eigenvalue weighted by Crippen LogP contribution is -2.41. The predicted octanol–water partition coefficient (Wildman–Crippen LogP) is 2.71. The average molecular weight is 299 g/mol. The summed E-state index contributed by atoms with van der Waals surface area (Å²) in [6, 6.07) is 13.0. The third kappa shape index (κ3) is 4.90. The van der Waals surface area contributed by atoms with Crippen molar-refractivity contribution in [2.24, 2.45) is 0 Å². The van der Waals surface area contributed by atoms with Gasteiger partial charge in [0.2, 0.25) is 5.91 Å². The van der Waals surface area contributed by atoms with Crippen LogP contribution in [0.15, 0.2) is 53.0 Å².